The van der Waals surface area contributed by atoms with Crippen LogP contribution in [0.25, 0.3) is 10.9 Å². The summed E-state index contributed by atoms with van der Waals surface area (Å²) in [5.74, 6) is -0.612. The molecular formula is C19H18N2O3S2. The van der Waals surface area contributed by atoms with Crippen molar-refractivity contribution in [2.75, 3.05) is 5.75 Å². The van der Waals surface area contributed by atoms with Gasteiger partial charge in [0, 0.05) is 5.39 Å². The van der Waals surface area contributed by atoms with E-state index in [1.165, 1.54) is 23.9 Å². The number of rotatable bonds is 5. The van der Waals surface area contributed by atoms with Crippen molar-refractivity contribution < 1.29 is 13.2 Å². The van der Waals surface area contributed by atoms with Crippen LogP contribution in [-0.2, 0) is 14.8 Å². The van der Waals surface area contributed by atoms with Gasteiger partial charge in [-0.05, 0) is 43.7 Å². The van der Waals surface area contributed by atoms with Crippen LogP contribution in [0.2, 0.25) is 0 Å². The van der Waals surface area contributed by atoms with E-state index in [1.54, 1.807) is 12.1 Å². The van der Waals surface area contributed by atoms with Crippen LogP contribution in [0.3, 0.4) is 0 Å². The highest BCUT2D eigenvalue weighted by Gasteiger charge is 2.17. The maximum Gasteiger partial charge on any atom is 0.264 e. The van der Waals surface area contributed by atoms with Crippen molar-refractivity contribution in [3.8, 4) is 0 Å². The topological polar surface area (TPSA) is 76.1 Å². The lowest BCUT2D eigenvalue weighted by molar-refractivity contribution is -0.116. The second-order valence-electron chi connectivity index (χ2n) is 5.92. The monoisotopic (exact) mass is 386 g/mol. The van der Waals surface area contributed by atoms with Gasteiger partial charge < -0.3 is 0 Å². The van der Waals surface area contributed by atoms with Gasteiger partial charge in [0.15, 0.2) is 0 Å². The van der Waals surface area contributed by atoms with Crippen molar-refractivity contribution in [2.24, 2.45) is 0 Å². The summed E-state index contributed by atoms with van der Waals surface area (Å²) < 4.78 is 26.6. The Morgan fingerprint density at radius 1 is 1.08 bits per heavy atom. The van der Waals surface area contributed by atoms with Crippen LogP contribution in [0.4, 0.5) is 0 Å². The second kappa shape index (κ2) is 7.47. The van der Waals surface area contributed by atoms with Gasteiger partial charge in [-0.1, -0.05) is 47.7 Å². The maximum absolute atomic E-state index is 12.2. The van der Waals surface area contributed by atoms with Crippen LogP contribution in [-0.4, -0.2) is 25.1 Å². The first kappa shape index (κ1) is 18.4. The number of hydrogen-bond donors (Lipinski definition) is 1. The van der Waals surface area contributed by atoms with Crippen LogP contribution >= 0.6 is 11.8 Å². The summed E-state index contributed by atoms with van der Waals surface area (Å²) in [5, 5.41) is 1.74. The number of benzene rings is 2. The molecule has 0 radical (unpaired) electrons. The molecule has 0 saturated carbocycles. The molecule has 2 aromatic carbocycles. The lowest BCUT2D eigenvalue weighted by atomic mass is 10.1. The van der Waals surface area contributed by atoms with Gasteiger partial charge in [0.1, 0.15) is 0 Å². The van der Waals surface area contributed by atoms with Gasteiger partial charge in [0.2, 0.25) is 5.91 Å². The predicted molar refractivity (Wildman–Crippen MR) is 104 cm³/mol. The number of sulfonamides is 1. The quantitative estimate of drug-likeness (QED) is 0.680. The number of amides is 1. The van der Waals surface area contributed by atoms with Crippen molar-refractivity contribution in [1.82, 2.24) is 9.71 Å². The average molecular weight is 386 g/mol. The first-order chi connectivity index (χ1) is 12.3. The smallest absolute Gasteiger partial charge is 0.264 e. The fraction of sp³-hybridized carbons (Fsp3) is 0.158. The molecule has 7 heteroatoms. The summed E-state index contributed by atoms with van der Waals surface area (Å²) in [7, 11) is -3.86. The molecule has 0 spiro atoms. The molecule has 1 N–H and O–H groups in total. The predicted octanol–water partition coefficient (Wildman–Crippen LogP) is 3.45. The Kier molecular flexibility index (Phi) is 5.29. The maximum atomic E-state index is 12.2. The fourth-order valence-electron chi connectivity index (χ4n) is 2.49. The van der Waals surface area contributed by atoms with E-state index in [0.29, 0.717) is 5.03 Å². The minimum Gasteiger partial charge on any atom is -0.273 e. The number of nitrogens with one attached hydrogen (secondary N) is 1. The van der Waals surface area contributed by atoms with Crippen LogP contribution in [0.1, 0.15) is 11.1 Å². The summed E-state index contributed by atoms with van der Waals surface area (Å²) in [5.41, 5.74) is 2.86. The molecule has 0 fully saturated rings. The number of aromatic nitrogens is 1. The first-order valence-electron chi connectivity index (χ1n) is 7.97. The minimum atomic E-state index is -3.86. The van der Waals surface area contributed by atoms with Crippen molar-refractivity contribution in [2.45, 2.75) is 23.8 Å². The normalized spacial score (nSPS) is 11.5. The molecule has 0 aliphatic heterocycles. The van der Waals surface area contributed by atoms with Gasteiger partial charge in [-0.2, -0.15) is 0 Å². The standard InChI is InChI=1S/C19H18N2O3S2/c1-13-7-9-15(10-8-13)26(23,24)21-18(22)12-25-19-11-14(2)16-5-3-4-6-17(16)20-19/h3-11H,12H2,1-2H3,(H,21,22). The Labute approximate surface area is 156 Å². The Balaban J connectivity index is 1.68. The van der Waals surface area contributed by atoms with Gasteiger partial charge >= 0.3 is 0 Å². The van der Waals surface area contributed by atoms with Gasteiger partial charge in [-0.25, -0.2) is 18.1 Å². The molecular weight excluding hydrogens is 368 g/mol. The van der Waals surface area contributed by atoms with E-state index in [4.69, 9.17) is 0 Å². The third kappa shape index (κ3) is 4.23. The molecule has 0 bridgehead atoms. The zero-order chi connectivity index (χ0) is 18.7. The number of carbonyl (C=O) groups excluding carboxylic acids is 1. The van der Waals surface area contributed by atoms with E-state index >= 15 is 0 Å². The Hall–Kier alpha value is -2.38. The molecule has 3 rings (SSSR count). The fourth-order valence-corrected chi connectivity index (χ4v) is 4.34. The van der Waals surface area contributed by atoms with E-state index < -0.39 is 15.9 Å². The molecule has 1 heterocycles. The van der Waals surface area contributed by atoms with Crippen LogP contribution in [0, 0.1) is 13.8 Å². The highest BCUT2D eigenvalue weighted by atomic mass is 32.2. The number of fused-ring (bicyclic) bond motifs is 1. The Morgan fingerprint density at radius 2 is 1.77 bits per heavy atom. The van der Waals surface area contributed by atoms with E-state index in [9.17, 15) is 13.2 Å². The van der Waals surface area contributed by atoms with Crippen molar-refractivity contribution in [3.05, 3.63) is 65.7 Å². The SMILES string of the molecule is Cc1ccc(S(=O)(=O)NC(=O)CSc2cc(C)c3ccccc3n2)cc1. The molecule has 3 aromatic rings. The number of nitrogens with zero attached hydrogens (tertiary/aromatic N) is 1. The number of carbonyl (C=O) groups is 1. The van der Waals surface area contributed by atoms with Crippen molar-refractivity contribution in [1.29, 1.82) is 0 Å². The summed E-state index contributed by atoms with van der Waals surface area (Å²) in [6, 6.07) is 16.0. The van der Waals surface area contributed by atoms with Gasteiger partial charge in [-0.3, -0.25) is 4.79 Å². The molecule has 0 aliphatic carbocycles. The molecule has 5 nitrogen and oxygen atoms in total. The number of para-hydroxylation sites is 1. The van der Waals surface area contributed by atoms with Gasteiger partial charge in [0.25, 0.3) is 10.0 Å². The summed E-state index contributed by atoms with van der Waals surface area (Å²) in [6.45, 7) is 3.85. The zero-order valence-corrected chi connectivity index (χ0v) is 16.0. The average Bonchev–Trinajstić information content (AvgIpc) is 2.60. The number of aryl methyl sites for hydroxylation is 2. The Morgan fingerprint density at radius 3 is 2.50 bits per heavy atom. The molecule has 1 amide bonds. The van der Waals surface area contributed by atoms with Crippen LogP contribution in [0.15, 0.2) is 64.5 Å². The summed E-state index contributed by atoms with van der Waals surface area (Å²) in [4.78, 5) is 16.7. The number of thioether (sulfide) groups is 1. The van der Waals surface area contributed by atoms with Crippen molar-refractivity contribution in [3.63, 3.8) is 0 Å². The molecule has 0 atom stereocenters. The summed E-state index contributed by atoms with van der Waals surface area (Å²) >= 11 is 1.21. The van der Waals surface area contributed by atoms with Gasteiger partial charge in [-0.15, -0.1) is 0 Å². The van der Waals surface area contributed by atoms with E-state index in [-0.39, 0.29) is 10.6 Å². The third-order valence-electron chi connectivity index (χ3n) is 3.83. The molecule has 1 aromatic heterocycles. The van der Waals surface area contributed by atoms with E-state index in [0.717, 1.165) is 22.0 Å². The molecule has 0 saturated heterocycles. The number of pyridine rings is 1. The lowest BCUT2D eigenvalue weighted by Gasteiger charge is -2.08. The van der Waals surface area contributed by atoms with Crippen molar-refractivity contribution >= 4 is 38.6 Å². The third-order valence-corrected chi connectivity index (χ3v) is 6.13. The van der Waals surface area contributed by atoms with E-state index in [1.807, 2.05) is 44.2 Å². The largest absolute Gasteiger partial charge is 0.273 e. The molecule has 0 aliphatic rings. The van der Waals surface area contributed by atoms with Gasteiger partial charge in [0.05, 0.1) is 21.2 Å². The highest BCUT2D eigenvalue weighted by Crippen LogP contribution is 2.23. The summed E-state index contributed by atoms with van der Waals surface area (Å²) in [6.07, 6.45) is 0. The highest BCUT2D eigenvalue weighted by molar-refractivity contribution is 8.00. The number of hydrogen-bond acceptors (Lipinski definition) is 5. The van der Waals surface area contributed by atoms with E-state index in [2.05, 4.69) is 9.71 Å². The molecule has 0 unspecified atom stereocenters. The second-order valence-corrected chi connectivity index (χ2v) is 8.60. The minimum absolute atomic E-state index is 0.0319. The van der Waals surface area contributed by atoms with Crippen LogP contribution in [0.5, 0.6) is 0 Å². The molecule has 134 valence electrons. The zero-order valence-electron chi connectivity index (χ0n) is 14.4. The van der Waals surface area contributed by atoms with Crippen LogP contribution < -0.4 is 4.72 Å². The Bertz CT molecular complexity index is 1060. The first-order valence-corrected chi connectivity index (χ1v) is 10.4. The lowest BCUT2D eigenvalue weighted by Crippen LogP contribution is -2.31. The molecule has 26 heavy (non-hydrogen) atoms.